The van der Waals surface area contributed by atoms with Crippen molar-refractivity contribution >= 4 is 17.6 Å². The summed E-state index contributed by atoms with van der Waals surface area (Å²) in [5.41, 5.74) is -0.580. The topological polar surface area (TPSA) is 97.6 Å². The first-order chi connectivity index (χ1) is 10.8. The van der Waals surface area contributed by atoms with Crippen LogP contribution in [0, 0.1) is 10.1 Å². The fourth-order valence-electron chi connectivity index (χ4n) is 2.54. The number of nitro groups is 1. The van der Waals surface area contributed by atoms with Crippen LogP contribution in [0.3, 0.4) is 0 Å². The molecule has 1 amide bonds. The van der Waals surface area contributed by atoms with Crippen molar-refractivity contribution in [1.29, 1.82) is 0 Å². The molecule has 1 aliphatic heterocycles. The Bertz CT molecular complexity index is 585. The molecule has 1 N–H and O–H groups in total. The SMILES string of the molecule is CC(C)(C)OC(=O)N[C@H]1CCCN(c2ncccc2[N+](=O)[O-])C1. The van der Waals surface area contributed by atoms with Crippen molar-refractivity contribution < 1.29 is 14.5 Å². The van der Waals surface area contributed by atoms with Crippen LogP contribution >= 0.6 is 0 Å². The second-order valence-corrected chi connectivity index (χ2v) is 6.53. The number of hydrogen-bond donors (Lipinski definition) is 1. The van der Waals surface area contributed by atoms with Crippen LogP contribution in [-0.4, -0.2) is 40.7 Å². The largest absolute Gasteiger partial charge is 0.444 e. The number of piperidine rings is 1. The van der Waals surface area contributed by atoms with Crippen LogP contribution in [0.15, 0.2) is 18.3 Å². The monoisotopic (exact) mass is 322 g/mol. The lowest BCUT2D eigenvalue weighted by Gasteiger charge is -2.33. The fraction of sp³-hybridized carbons (Fsp3) is 0.600. The summed E-state index contributed by atoms with van der Waals surface area (Å²) < 4.78 is 5.25. The van der Waals surface area contributed by atoms with Gasteiger partial charge in [0, 0.05) is 31.4 Å². The average Bonchev–Trinajstić information content (AvgIpc) is 2.45. The number of carbonyl (C=O) groups is 1. The molecule has 0 aliphatic carbocycles. The van der Waals surface area contributed by atoms with Gasteiger partial charge in [-0.3, -0.25) is 10.1 Å². The second-order valence-electron chi connectivity index (χ2n) is 6.53. The number of carbonyl (C=O) groups excluding carboxylic acids is 1. The first kappa shape index (κ1) is 17.0. The molecule has 1 saturated heterocycles. The zero-order chi connectivity index (χ0) is 17.0. The van der Waals surface area contributed by atoms with E-state index in [0.717, 1.165) is 12.8 Å². The molecule has 0 bridgehead atoms. The second kappa shape index (κ2) is 6.80. The molecule has 1 aliphatic rings. The van der Waals surface area contributed by atoms with Crippen molar-refractivity contribution in [2.45, 2.75) is 45.3 Å². The van der Waals surface area contributed by atoms with E-state index in [1.54, 1.807) is 26.8 Å². The Morgan fingerprint density at radius 1 is 1.52 bits per heavy atom. The van der Waals surface area contributed by atoms with Crippen LogP contribution in [0.2, 0.25) is 0 Å². The highest BCUT2D eigenvalue weighted by molar-refractivity contribution is 5.68. The van der Waals surface area contributed by atoms with Crippen molar-refractivity contribution in [2.75, 3.05) is 18.0 Å². The van der Waals surface area contributed by atoms with Gasteiger partial charge in [-0.05, 0) is 39.7 Å². The molecule has 0 unspecified atom stereocenters. The fourth-order valence-corrected chi connectivity index (χ4v) is 2.54. The molecule has 0 radical (unpaired) electrons. The Hall–Kier alpha value is -2.38. The van der Waals surface area contributed by atoms with E-state index in [1.165, 1.54) is 12.3 Å². The highest BCUT2D eigenvalue weighted by Crippen LogP contribution is 2.27. The maximum Gasteiger partial charge on any atom is 0.407 e. The molecule has 2 heterocycles. The van der Waals surface area contributed by atoms with Gasteiger partial charge in [0.15, 0.2) is 0 Å². The Balaban J connectivity index is 2.04. The molecular weight excluding hydrogens is 300 g/mol. The molecule has 0 saturated carbocycles. The highest BCUT2D eigenvalue weighted by Gasteiger charge is 2.28. The lowest BCUT2D eigenvalue weighted by Crippen LogP contribution is -2.49. The van der Waals surface area contributed by atoms with Crippen molar-refractivity contribution in [3.8, 4) is 0 Å². The van der Waals surface area contributed by atoms with Crippen molar-refractivity contribution in [2.24, 2.45) is 0 Å². The normalized spacial score (nSPS) is 18.4. The number of hydrogen-bond acceptors (Lipinski definition) is 6. The lowest BCUT2D eigenvalue weighted by molar-refractivity contribution is -0.384. The van der Waals surface area contributed by atoms with Gasteiger partial charge >= 0.3 is 11.8 Å². The van der Waals surface area contributed by atoms with Gasteiger partial charge in [0.1, 0.15) is 5.60 Å². The Kier molecular flexibility index (Phi) is 5.02. The quantitative estimate of drug-likeness (QED) is 0.678. The van der Waals surface area contributed by atoms with E-state index in [0.29, 0.717) is 18.9 Å². The summed E-state index contributed by atoms with van der Waals surface area (Å²) in [4.78, 5) is 28.5. The summed E-state index contributed by atoms with van der Waals surface area (Å²) in [6.45, 7) is 6.55. The molecule has 0 aromatic carbocycles. The third-order valence-corrected chi connectivity index (χ3v) is 3.40. The zero-order valence-electron chi connectivity index (χ0n) is 13.6. The number of amides is 1. The summed E-state index contributed by atoms with van der Waals surface area (Å²) in [5.74, 6) is 0.341. The van der Waals surface area contributed by atoms with E-state index < -0.39 is 16.6 Å². The highest BCUT2D eigenvalue weighted by atomic mass is 16.6. The first-order valence-electron chi connectivity index (χ1n) is 7.60. The van der Waals surface area contributed by atoms with Crippen molar-refractivity contribution in [1.82, 2.24) is 10.3 Å². The van der Waals surface area contributed by atoms with Crippen molar-refractivity contribution in [3.63, 3.8) is 0 Å². The van der Waals surface area contributed by atoms with Crippen LogP contribution in [-0.2, 0) is 4.74 Å². The lowest BCUT2D eigenvalue weighted by atomic mass is 10.1. The third-order valence-electron chi connectivity index (χ3n) is 3.40. The number of rotatable bonds is 3. The van der Waals surface area contributed by atoms with E-state index in [9.17, 15) is 14.9 Å². The minimum absolute atomic E-state index is 0.0228. The van der Waals surface area contributed by atoms with Gasteiger partial charge in [0.25, 0.3) is 0 Å². The molecule has 8 heteroatoms. The maximum atomic E-state index is 11.9. The van der Waals surface area contributed by atoms with Crippen LogP contribution in [0.5, 0.6) is 0 Å². The first-order valence-corrected chi connectivity index (χ1v) is 7.60. The molecular formula is C15H22N4O4. The standard InChI is InChI=1S/C15H22N4O4/c1-15(2,3)23-14(20)17-11-6-5-9-18(10-11)13-12(19(21)22)7-4-8-16-13/h4,7-8,11H,5-6,9-10H2,1-3H3,(H,17,20)/t11-/m0/s1. The molecule has 2 rings (SSSR count). The summed E-state index contributed by atoms with van der Waals surface area (Å²) >= 11 is 0. The summed E-state index contributed by atoms with van der Waals surface area (Å²) in [7, 11) is 0. The number of ether oxygens (including phenoxy) is 1. The van der Waals surface area contributed by atoms with Gasteiger partial charge in [-0.25, -0.2) is 9.78 Å². The average molecular weight is 322 g/mol. The third kappa shape index (κ3) is 4.80. The van der Waals surface area contributed by atoms with Crippen molar-refractivity contribution in [3.05, 3.63) is 28.4 Å². The molecule has 23 heavy (non-hydrogen) atoms. The minimum atomic E-state index is -0.557. The molecule has 0 spiro atoms. The molecule has 1 aromatic heterocycles. The van der Waals surface area contributed by atoms with E-state index in [-0.39, 0.29) is 11.7 Å². The van der Waals surface area contributed by atoms with Crippen LogP contribution < -0.4 is 10.2 Å². The summed E-state index contributed by atoms with van der Waals surface area (Å²) in [6.07, 6.45) is 2.68. The van der Waals surface area contributed by atoms with Crippen LogP contribution in [0.4, 0.5) is 16.3 Å². The number of pyridine rings is 1. The van der Waals surface area contributed by atoms with Gasteiger partial charge in [-0.2, -0.15) is 0 Å². The van der Waals surface area contributed by atoms with Gasteiger partial charge in [0.2, 0.25) is 5.82 Å². The number of aromatic nitrogens is 1. The smallest absolute Gasteiger partial charge is 0.407 e. The zero-order valence-corrected chi connectivity index (χ0v) is 13.6. The van der Waals surface area contributed by atoms with Gasteiger partial charge in [0.05, 0.1) is 4.92 Å². The van der Waals surface area contributed by atoms with Gasteiger partial charge in [-0.15, -0.1) is 0 Å². The van der Waals surface area contributed by atoms with E-state index in [4.69, 9.17) is 4.74 Å². The van der Waals surface area contributed by atoms with E-state index in [2.05, 4.69) is 10.3 Å². The molecule has 126 valence electrons. The Morgan fingerprint density at radius 3 is 2.91 bits per heavy atom. The predicted molar refractivity (Wildman–Crippen MR) is 85.5 cm³/mol. The number of alkyl carbamates (subject to hydrolysis) is 1. The number of nitrogens with zero attached hydrogens (tertiary/aromatic N) is 3. The van der Waals surface area contributed by atoms with E-state index in [1.807, 2.05) is 4.90 Å². The number of anilines is 1. The Labute approximate surface area is 135 Å². The molecule has 8 nitrogen and oxygen atoms in total. The van der Waals surface area contributed by atoms with Crippen LogP contribution in [0.1, 0.15) is 33.6 Å². The predicted octanol–water partition coefficient (Wildman–Crippen LogP) is 2.48. The summed E-state index contributed by atoms with van der Waals surface area (Å²) in [6, 6.07) is 2.86. The van der Waals surface area contributed by atoms with E-state index >= 15 is 0 Å². The maximum absolute atomic E-state index is 11.9. The molecule has 1 atom stereocenters. The molecule has 1 aromatic rings. The van der Waals surface area contributed by atoms with Gasteiger partial charge < -0.3 is 15.0 Å². The molecule has 1 fully saturated rings. The minimum Gasteiger partial charge on any atom is -0.444 e. The van der Waals surface area contributed by atoms with Gasteiger partial charge in [-0.1, -0.05) is 0 Å². The van der Waals surface area contributed by atoms with Crippen LogP contribution in [0.25, 0.3) is 0 Å². The Morgan fingerprint density at radius 2 is 2.26 bits per heavy atom. The summed E-state index contributed by atoms with van der Waals surface area (Å²) in [5, 5.41) is 14.0. The number of nitrogens with one attached hydrogen (secondary N) is 1.